The van der Waals surface area contributed by atoms with Gasteiger partial charge in [0.15, 0.2) is 0 Å². The minimum absolute atomic E-state index is 0.337. The predicted molar refractivity (Wildman–Crippen MR) is 56.7 cm³/mol. The number of nitrogens with zero attached hydrogens (tertiary/aromatic N) is 1. The zero-order chi connectivity index (χ0) is 9.64. The quantitative estimate of drug-likeness (QED) is 0.844. The van der Waals surface area contributed by atoms with Crippen LogP contribution in [0.1, 0.15) is 25.1 Å². The summed E-state index contributed by atoms with van der Waals surface area (Å²) in [6.07, 6.45) is 0.856. The number of aromatic nitrogens is 1. The third-order valence-electron chi connectivity index (χ3n) is 3.16. The van der Waals surface area contributed by atoms with Crippen molar-refractivity contribution in [3.8, 4) is 0 Å². The maximum absolute atomic E-state index is 10.3. The summed E-state index contributed by atoms with van der Waals surface area (Å²) in [5.41, 5.74) is 1.15. The van der Waals surface area contributed by atoms with Gasteiger partial charge in [0.1, 0.15) is 10.2 Å². The van der Waals surface area contributed by atoms with Crippen LogP contribution in [0.3, 0.4) is 0 Å². The monoisotopic (exact) mass is 261 g/mol. The fraction of sp³-hybridized carbons (Fsp3) is 0.667. The molecule has 0 aliphatic heterocycles. The van der Waals surface area contributed by atoms with Gasteiger partial charge < -0.3 is 5.11 Å². The van der Waals surface area contributed by atoms with Crippen molar-refractivity contribution in [3.05, 3.63) is 15.0 Å². The van der Waals surface area contributed by atoms with Gasteiger partial charge in [-0.2, -0.15) is 0 Å². The lowest BCUT2D eigenvalue weighted by atomic mass is 9.62. The Hall–Kier alpha value is 0.0700. The number of thiazole rings is 1. The first-order chi connectivity index (χ1) is 6.05. The molecule has 13 heavy (non-hydrogen) atoms. The van der Waals surface area contributed by atoms with Crippen molar-refractivity contribution in [2.45, 2.75) is 25.9 Å². The molecule has 0 saturated heterocycles. The summed E-state index contributed by atoms with van der Waals surface area (Å²) in [5, 5.41) is 10.3. The molecule has 0 bridgehead atoms. The Morgan fingerprint density at radius 1 is 1.69 bits per heavy atom. The molecular formula is C9H12BrNOS. The maximum atomic E-state index is 10.3. The third kappa shape index (κ3) is 1.27. The van der Waals surface area contributed by atoms with E-state index in [-0.39, 0.29) is 0 Å². The molecule has 72 valence electrons. The highest BCUT2D eigenvalue weighted by molar-refractivity contribution is 9.10. The van der Waals surface area contributed by atoms with Gasteiger partial charge in [-0.1, -0.05) is 13.8 Å². The van der Waals surface area contributed by atoms with Crippen molar-refractivity contribution in [2.24, 2.45) is 11.8 Å². The van der Waals surface area contributed by atoms with Gasteiger partial charge in [0.2, 0.25) is 0 Å². The molecule has 1 fully saturated rings. The second-order valence-electron chi connectivity index (χ2n) is 3.87. The normalized spacial score (nSPS) is 38.8. The van der Waals surface area contributed by atoms with Crippen LogP contribution in [-0.4, -0.2) is 10.1 Å². The smallest absolute Gasteiger partial charge is 0.123 e. The van der Waals surface area contributed by atoms with Gasteiger partial charge in [0.25, 0.3) is 0 Å². The predicted octanol–water partition coefficient (Wildman–Crippen LogP) is 2.77. The molecule has 2 rings (SSSR count). The lowest BCUT2D eigenvalue weighted by Gasteiger charge is -2.48. The number of halogens is 1. The van der Waals surface area contributed by atoms with Gasteiger partial charge in [-0.05, 0) is 34.2 Å². The number of hydrogen-bond donors (Lipinski definition) is 1. The molecule has 3 unspecified atom stereocenters. The summed E-state index contributed by atoms with van der Waals surface area (Å²) < 4.78 is 0.804. The molecule has 1 heterocycles. The average molecular weight is 262 g/mol. The molecule has 1 N–H and O–H groups in total. The Bertz CT molecular complexity index is 327. The van der Waals surface area contributed by atoms with Crippen LogP contribution in [0, 0.1) is 11.8 Å². The topological polar surface area (TPSA) is 33.1 Å². The van der Waals surface area contributed by atoms with Crippen LogP contribution < -0.4 is 0 Å². The number of aliphatic hydroxyl groups is 1. The lowest BCUT2D eigenvalue weighted by Crippen LogP contribution is -2.48. The first-order valence-electron chi connectivity index (χ1n) is 4.37. The molecule has 1 aromatic rings. The van der Waals surface area contributed by atoms with Crippen molar-refractivity contribution >= 4 is 27.3 Å². The van der Waals surface area contributed by atoms with E-state index in [1.54, 1.807) is 5.51 Å². The minimum atomic E-state index is -0.626. The minimum Gasteiger partial charge on any atom is -0.384 e. The van der Waals surface area contributed by atoms with Crippen LogP contribution in [0.4, 0.5) is 0 Å². The fourth-order valence-electron chi connectivity index (χ4n) is 1.98. The molecule has 2 nitrogen and oxygen atoms in total. The lowest BCUT2D eigenvalue weighted by molar-refractivity contribution is -0.130. The third-order valence-corrected chi connectivity index (χ3v) is 5.01. The molecule has 1 saturated carbocycles. The first kappa shape index (κ1) is 9.62. The van der Waals surface area contributed by atoms with Crippen molar-refractivity contribution in [3.63, 3.8) is 0 Å². The van der Waals surface area contributed by atoms with Gasteiger partial charge in [-0.15, -0.1) is 11.3 Å². The van der Waals surface area contributed by atoms with Crippen molar-refractivity contribution in [1.82, 2.24) is 4.98 Å². The van der Waals surface area contributed by atoms with Gasteiger partial charge in [0, 0.05) is 0 Å². The molecule has 0 radical (unpaired) electrons. The van der Waals surface area contributed by atoms with E-state index in [1.807, 2.05) is 0 Å². The maximum Gasteiger partial charge on any atom is 0.123 e. The van der Waals surface area contributed by atoms with E-state index in [4.69, 9.17) is 0 Å². The fourth-order valence-corrected chi connectivity index (χ4v) is 3.72. The second-order valence-corrected chi connectivity index (χ2v) is 5.47. The van der Waals surface area contributed by atoms with E-state index in [0.29, 0.717) is 11.8 Å². The number of hydrogen-bond acceptors (Lipinski definition) is 3. The van der Waals surface area contributed by atoms with E-state index in [0.717, 1.165) is 15.9 Å². The van der Waals surface area contributed by atoms with Gasteiger partial charge in [-0.3, -0.25) is 0 Å². The van der Waals surface area contributed by atoms with Crippen LogP contribution in [0.5, 0.6) is 0 Å². The molecule has 0 aromatic carbocycles. The van der Waals surface area contributed by atoms with Crippen molar-refractivity contribution < 1.29 is 5.11 Å². The average Bonchev–Trinajstić information content (AvgIpc) is 2.51. The summed E-state index contributed by atoms with van der Waals surface area (Å²) in [6, 6.07) is 0. The van der Waals surface area contributed by atoms with Crippen molar-refractivity contribution in [1.29, 1.82) is 0 Å². The molecule has 3 atom stereocenters. The van der Waals surface area contributed by atoms with E-state index in [2.05, 4.69) is 34.8 Å². The molecule has 4 heteroatoms. The summed E-state index contributed by atoms with van der Waals surface area (Å²) in [4.78, 5) is 5.08. The Balaban J connectivity index is 2.32. The molecule has 1 aliphatic carbocycles. The zero-order valence-corrected chi connectivity index (χ0v) is 10.0. The Morgan fingerprint density at radius 3 is 2.77 bits per heavy atom. The summed E-state index contributed by atoms with van der Waals surface area (Å²) in [5.74, 6) is 0.947. The van der Waals surface area contributed by atoms with Crippen LogP contribution in [0.25, 0.3) is 0 Å². The summed E-state index contributed by atoms with van der Waals surface area (Å²) in [6.45, 7) is 4.27. The molecule has 0 amide bonds. The Kier molecular flexibility index (Phi) is 2.25. The van der Waals surface area contributed by atoms with Gasteiger partial charge in [-0.25, -0.2) is 4.98 Å². The Labute approximate surface area is 90.1 Å². The zero-order valence-electron chi connectivity index (χ0n) is 7.62. The van der Waals surface area contributed by atoms with Crippen molar-refractivity contribution in [2.75, 3.05) is 0 Å². The highest BCUT2D eigenvalue weighted by atomic mass is 79.9. The van der Waals surface area contributed by atoms with Crippen LogP contribution >= 0.6 is 27.3 Å². The van der Waals surface area contributed by atoms with Crippen LogP contribution in [0.2, 0.25) is 0 Å². The standard InChI is InChI=1S/C9H12BrNOS/c1-5-3-9(12,6(5)2)7-8(10)11-4-13-7/h4-6,12H,3H2,1-2H3. The van der Waals surface area contributed by atoms with E-state index in [9.17, 15) is 5.11 Å². The van der Waals surface area contributed by atoms with Crippen LogP contribution in [0.15, 0.2) is 10.1 Å². The van der Waals surface area contributed by atoms with E-state index >= 15 is 0 Å². The highest BCUT2D eigenvalue weighted by Gasteiger charge is 2.50. The molecule has 1 aromatic heterocycles. The summed E-state index contributed by atoms with van der Waals surface area (Å²) >= 11 is 4.89. The van der Waals surface area contributed by atoms with Crippen LogP contribution in [-0.2, 0) is 5.60 Å². The molecular weight excluding hydrogens is 250 g/mol. The number of rotatable bonds is 1. The second kappa shape index (κ2) is 3.04. The molecule has 1 aliphatic rings. The van der Waals surface area contributed by atoms with Gasteiger partial charge in [0.05, 0.1) is 10.4 Å². The first-order valence-corrected chi connectivity index (χ1v) is 6.05. The molecule has 0 spiro atoms. The largest absolute Gasteiger partial charge is 0.384 e. The SMILES string of the molecule is CC1CC(O)(c2scnc2Br)C1C. The van der Waals surface area contributed by atoms with E-state index in [1.165, 1.54) is 11.3 Å². The summed E-state index contributed by atoms with van der Waals surface area (Å²) in [7, 11) is 0. The van der Waals surface area contributed by atoms with E-state index < -0.39 is 5.60 Å². The highest BCUT2D eigenvalue weighted by Crippen LogP contribution is 2.53. The Morgan fingerprint density at radius 2 is 2.38 bits per heavy atom. The van der Waals surface area contributed by atoms with Gasteiger partial charge >= 0.3 is 0 Å².